The molecule has 1 aliphatic heterocycles. The molecule has 1 fully saturated rings. The van der Waals surface area contributed by atoms with Gasteiger partial charge in [-0.2, -0.15) is 4.31 Å². The minimum Gasteiger partial charge on any atom is -0.461 e. The van der Waals surface area contributed by atoms with Gasteiger partial charge >= 0.3 is 5.97 Å². The van der Waals surface area contributed by atoms with Gasteiger partial charge in [-0.15, -0.1) is 5.10 Å². The number of nitrogens with one attached hydrogen (secondary N) is 1. The Morgan fingerprint density at radius 1 is 1.34 bits per heavy atom. The van der Waals surface area contributed by atoms with Crippen LogP contribution in [0.25, 0.3) is 0 Å². The van der Waals surface area contributed by atoms with Crippen molar-refractivity contribution in [1.82, 2.24) is 13.9 Å². The predicted octanol–water partition coefficient (Wildman–Crippen LogP) is 1.97. The van der Waals surface area contributed by atoms with Crippen LogP contribution in [0.3, 0.4) is 0 Å². The maximum absolute atomic E-state index is 13.0. The average molecular weight is 484 g/mol. The van der Waals surface area contributed by atoms with Crippen molar-refractivity contribution >= 4 is 44.1 Å². The summed E-state index contributed by atoms with van der Waals surface area (Å²) >= 11 is 0.848. The molecule has 2 heterocycles. The first-order chi connectivity index (χ1) is 15.1. The van der Waals surface area contributed by atoms with Gasteiger partial charge in [0.05, 0.1) is 16.4 Å². The predicted molar refractivity (Wildman–Crippen MR) is 114 cm³/mol. The van der Waals surface area contributed by atoms with Gasteiger partial charge in [0.25, 0.3) is 5.69 Å². The van der Waals surface area contributed by atoms with E-state index in [0.29, 0.717) is 5.56 Å². The lowest BCUT2D eigenvalue weighted by Gasteiger charge is -2.30. The number of carbonyl (C=O) groups excluding carboxylic acids is 2. The molecule has 1 aliphatic rings. The molecule has 32 heavy (non-hydrogen) atoms. The molecule has 14 heteroatoms. The molecular formula is C18H21N5O7S2. The van der Waals surface area contributed by atoms with Crippen LogP contribution in [-0.2, 0) is 19.6 Å². The molecule has 12 nitrogen and oxygen atoms in total. The zero-order valence-electron chi connectivity index (χ0n) is 17.3. The molecular weight excluding hydrogens is 462 g/mol. The summed E-state index contributed by atoms with van der Waals surface area (Å²) in [5.41, 5.74) is 0.0185. The van der Waals surface area contributed by atoms with Gasteiger partial charge in [-0.1, -0.05) is 10.6 Å². The first-order valence-corrected chi connectivity index (χ1v) is 11.9. The number of rotatable bonds is 7. The first kappa shape index (κ1) is 23.7. The summed E-state index contributed by atoms with van der Waals surface area (Å²) in [7, 11) is -3.95. The van der Waals surface area contributed by atoms with Gasteiger partial charge in [-0.25, -0.2) is 13.2 Å². The van der Waals surface area contributed by atoms with Crippen LogP contribution in [0.15, 0.2) is 23.1 Å². The molecule has 2 aromatic rings. The lowest BCUT2D eigenvalue weighted by Crippen LogP contribution is -2.41. The third kappa shape index (κ3) is 4.92. The molecule has 0 atom stereocenters. The lowest BCUT2D eigenvalue weighted by molar-refractivity contribution is -0.385. The number of ether oxygens (including phenoxy) is 1. The SMILES string of the molecule is CCOC(=O)c1nnsc1NC(=O)C1CCN(S(=O)(=O)c2cc([N+](=O)[O-])ccc2C)CC1. The average Bonchev–Trinajstić information content (AvgIpc) is 3.22. The zero-order chi connectivity index (χ0) is 23.5. The minimum atomic E-state index is -3.95. The van der Waals surface area contributed by atoms with Gasteiger partial charge in [-0.3, -0.25) is 14.9 Å². The molecule has 172 valence electrons. The Hall–Kier alpha value is -2.97. The zero-order valence-corrected chi connectivity index (χ0v) is 18.9. The number of esters is 1. The summed E-state index contributed by atoms with van der Waals surface area (Å²) in [6, 6.07) is 3.70. The van der Waals surface area contributed by atoms with Crippen molar-refractivity contribution in [3.63, 3.8) is 0 Å². The number of anilines is 1. The number of aryl methyl sites for hydroxylation is 1. The maximum Gasteiger partial charge on any atom is 0.362 e. The third-order valence-corrected chi connectivity index (χ3v) is 7.70. The second-order valence-corrected chi connectivity index (χ2v) is 9.71. The fourth-order valence-corrected chi connectivity index (χ4v) is 5.57. The summed E-state index contributed by atoms with van der Waals surface area (Å²) < 4.78 is 35.8. The molecule has 0 aliphatic carbocycles. The highest BCUT2D eigenvalue weighted by Gasteiger charge is 2.34. The fraction of sp³-hybridized carbons (Fsp3) is 0.444. The molecule has 1 aromatic heterocycles. The number of nitro groups is 1. The third-order valence-electron chi connectivity index (χ3n) is 5.02. The Kier molecular flexibility index (Phi) is 7.16. The number of sulfonamides is 1. The van der Waals surface area contributed by atoms with E-state index < -0.39 is 26.8 Å². The van der Waals surface area contributed by atoms with Gasteiger partial charge in [0.1, 0.15) is 0 Å². The first-order valence-electron chi connectivity index (χ1n) is 9.70. The topological polar surface area (TPSA) is 162 Å². The highest BCUT2D eigenvalue weighted by atomic mass is 32.2. The normalized spacial score (nSPS) is 15.3. The van der Waals surface area contributed by atoms with Gasteiger partial charge in [-0.05, 0) is 32.3 Å². The Bertz CT molecular complexity index is 1140. The van der Waals surface area contributed by atoms with Crippen molar-refractivity contribution in [3.8, 4) is 0 Å². The van der Waals surface area contributed by atoms with Gasteiger partial charge in [0, 0.05) is 42.7 Å². The quantitative estimate of drug-likeness (QED) is 0.352. The largest absolute Gasteiger partial charge is 0.461 e. The van der Waals surface area contributed by atoms with E-state index in [1.54, 1.807) is 13.8 Å². The number of nitrogens with zero attached hydrogens (tertiary/aromatic N) is 4. The molecule has 0 radical (unpaired) electrons. The van der Waals surface area contributed by atoms with E-state index in [2.05, 4.69) is 14.9 Å². The molecule has 1 aromatic carbocycles. The van der Waals surface area contributed by atoms with E-state index in [-0.39, 0.29) is 59.7 Å². The number of non-ortho nitro benzene ring substituents is 1. The smallest absolute Gasteiger partial charge is 0.362 e. The molecule has 0 spiro atoms. The number of nitro benzene ring substituents is 1. The van der Waals surface area contributed by atoms with Crippen molar-refractivity contribution in [2.24, 2.45) is 5.92 Å². The molecule has 1 amide bonds. The fourth-order valence-electron chi connectivity index (χ4n) is 3.30. The number of hydrogen-bond acceptors (Lipinski definition) is 10. The van der Waals surface area contributed by atoms with Crippen molar-refractivity contribution in [3.05, 3.63) is 39.6 Å². The second kappa shape index (κ2) is 9.67. The summed E-state index contributed by atoms with van der Waals surface area (Å²) in [5, 5.41) is 17.5. The van der Waals surface area contributed by atoms with Gasteiger partial charge < -0.3 is 10.1 Å². The van der Waals surface area contributed by atoms with Gasteiger partial charge in [0.15, 0.2) is 5.00 Å². The minimum absolute atomic E-state index is 0.0774. The van der Waals surface area contributed by atoms with Crippen LogP contribution in [0.5, 0.6) is 0 Å². The Morgan fingerprint density at radius 3 is 2.66 bits per heavy atom. The Balaban J connectivity index is 1.67. The van der Waals surface area contributed by atoms with Gasteiger partial charge in [0.2, 0.25) is 21.6 Å². The number of carbonyl (C=O) groups is 2. The summed E-state index contributed by atoms with van der Waals surface area (Å²) in [6.45, 7) is 3.52. The molecule has 3 rings (SSSR count). The number of amides is 1. The van der Waals surface area contributed by atoms with E-state index >= 15 is 0 Å². The van der Waals surface area contributed by atoms with E-state index in [1.165, 1.54) is 16.4 Å². The molecule has 0 saturated carbocycles. The number of aromatic nitrogens is 2. The Labute approximate surface area is 187 Å². The summed E-state index contributed by atoms with van der Waals surface area (Å²) in [6.07, 6.45) is 0.500. The highest BCUT2D eigenvalue weighted by molar-refractivity contribution is 7.89. The van der Waals surface area contributed by atoms with Crippen LogP contribution in [0.2, 0.25) is 0 Å². The van der Waals surface area contributed by atoms with E-state index in [1.807, 2.05) is 0 Å². The summed E-state index contributed by atoms with van der Waals surface area (Å²) in [4.78, 5) is 34.8. The molecule has 1 saturated heterocycles. The van der Waals surface area contributed by atoms with Crippen molar-refractivity contribution < 1.29 is 27.7 Å². The van der Waals surface area contributed by atoms with Crippen LogP contribution in [-0.4, -0.2) is 58.8 Å². The number of hydrogen-bond donors (Lipinski definition) is 1. The van der Waals surface area contributed by atoms with E-state index in [4.69, 9.17) is 4.74 Å². The van der Waals surface area contributed by atoms with E-state index in [0.717, 1.165) is 17.6 Å². The summed E-state index contributed by atoms with van der Waals surface area (Å²) in [5.74, 6) is -1.54. The van der Waals surface area contributed by atoms with Crippen LogP contribution >= 0.6 is 11.5 Å². The Morgan fingerprint density at radius 2 is 2.03 bits per heavy atom. The second-order valence-electron chi connectivity index (χ2n) is 7.05. The molecule has 1 N–H and O–H groups in total. The van der Waals surface area contributed by atoms with Crippen molar-refractivity contribution in [2.45, 2.75) is 31.6 Å². The standard InChI is InChI=1S/C18H21N5O7S2/c1-3-30-18(25)15-17(31-21-20-15)19-16(24)12-6-8-22(9-7-12)32(28,29)14-10-13(23(26)27)5-4-11(14)2/h4-5,10,12H,3,6-9H2,1-2H3,(H,19,24). The molecule has 0 unspecified atom stereocenters. The van der Waals surface area contributed by atoms with E-state index in [9.17, 15) is 28.1 Å². The van der Waals surface area contributed by atoms with Crippen molar-refractivity contribution in [1.29, 1.82) is 0 Å². The van der Waals surface area contributed by atoms with Crippen molar-refractivity contribution in [2.75, 3.05) is 25.0 Å². The highest BCUT2D eigenvalue weighted by Crippen LogP contribution is 2.29. The number of piperidine rings is 1. The van der Waals surface area contributed by atoms with Crippen LogP contribution < -0.4 is 5.32 Å². The van der Waals surface area contributed by atoms with Crippen LogP contribution in [0.1, 0.15) is 35.8 Å². The van der Waals surface area contributed by atoms with Crippen LogP contribution in [0.4, 0.5) is 10.7 Å². The number of benzene rings is 1. The van der Waals surface area contributed by atoms with Crippen LogP contribution in [0, 0.1) is 23.0 Å². The monoisotopic (exact) mass is 483 g/mol. The molecule has 0 bridgehead atoms. The lowest BCUT2D eigenvalue weighted by atomic mass is 9.97. The maximum atomic E-state index is 13.0.